The van der Waals surface area contributed by atoms with Gasteiger partial charge in [0.25, 0.3) is 0 Å². The van der Waals surface area contributed by atoms with Gasteiger partial charge < -0.3 is 10.1 Å². The van der Waals surface area contributed by atoms with Crippen LogP contribution in [0, 0.1) is 0 Å². The normalized spacial score (nSPS) is 25.6. The minimum Gasteiger partial charge on any atom is -0.382 e. The van der Waals surface area contributed by atoms with E-state index in [1.807, 2.05) is 18.2 Å². The number of benzene rings is 1. The van der Waals surface area contributed by atoms with E-state index in [-0.39, 0.29) is 5.54 Å². The average Bonchev–Trinajstić information content (AvgIpc) is 2.31. The number of piperidine rings is 1. The van der Waals surface area contributed by atoms with Crippen molar-refractivity contribution in [1.29, 1.82) is 0 Å². The highest BCUT2D eigenvalue weighted by Crippen LogP contribution is 2.34. The summed E-state index contributed by atoms with van der Waals surface area (Å²) >= 11 is 6.29. The van der Waals surface area contributed by atoms with Gasteiger partial charge in [0, 0.05) is 12.1 Å². The molecule has 0 amide bonds. The molecule has 1 atom stereocenters. The van der Waals surface area contributed by atoms with Gasteiger partial charge in [-0.3, -0.25) is 0 Å². The number of hydrogen-bond donors (Lipinski definition) is 1. The van der Waals surface area contributed by atoms with E-state index >= 15 is 0 Å². The van der Waals surface area contributed by atoms with Crippen molar-refractivity contribution in [3.05, 3.63) is 34.9 Å². The van der Waals surface area contributed by atoms with Gasteiger partial charge in [0.1, 0.15) is 0 Å². The number of nitrogens with one attached hydrogen (secondary N) is 1. The monoisotopic (exact) mass is 239 g/mol. The number of hydrogen-bond acceptors (Lipinski definition) is 2. The molecule has 1 aliphatic heterocycles. The van der Waals surface area contributed by atoms with Crippen LogP contribution < -0.4 is 5.32 Å². The number of ether oxygens (including phenoxy) is 1. The van der Waals surface area contributed by atoms with Gasteiger partial charge in [-0.1, -0.05) is 29.8 Å². The number of halogens is 1. The fraction of sp³-hybridized carbons (Fsp3) is 0.538. The molecular formula is C13H18ClNO. The fourth-order valence-corrected chi connectivity index (χ4v) is 2.81. The van der Waals surface area contributed by atoms with E-state index in [1.54, 1.807) is 7.11 Å². The lowest BCUT2D eigenvalue weighted by atomic mass is 9.83. The molecule has 1 saturated heterocycles. The zero-order chi connectivity index (χ0) is 11.4. The van der Waals surface area contributed by atoms with Crippen LogP contribution in [-0.4, -0.2) is 20.3 Å². The van der Waals surface area contributed by atoms with Crippen molar-refractivity contribution in [2.24, 2.45) is 0 Å². The third-order valence-corrected chi connectivity index (χ3v) is 3.60. The first-order chi connectivity index (χ1) is 7.78. The van der Waals surface area contributed by atoms with Crippen molar-refractivity contribution in [2.45, 2.75) is 24.8 Å². The first kappa shape index (κ1) is 11.9. The van der Waals surface area contributed by atoms with Crippen molar-refractivity contribution in [1.82, 2.24) is 5.32 Å². The molecule has 1 unspecified atom stereocenters. The maximum Gasteiger partial charge on any atom is 0.0687 e. The predicted molar refractivity (Wildman–Crippen MR) is 66.9 cm³/mol. The number of methoxy groups -OCH3 is 1. The minimum atomic E-state index is -0.0919. The summed E-state index contributed by atoms with van der Waals surface area (Å²) in [5.74, 6) is 0. The lowest BCUT2D eigenvalue weighted by Crippen LogP contribution is -2.49. The highest BCUT2D eigenvalue weighted by atomic mass is 35.5. The lowest BCUT2D eigenvalue weighted by Gasteiger charge is -2.39. The van der Waals surface area contributed by atoms with Crippen LogP contribution in [-0.2, 0) is 10.3 Å². The molecule has 1 N–H and O–H groups in total. The SMILES string of the molecule is COCC1(c2ccccc2Cl)CCCCN1. The van der Waals surface area contributed by atoms with Gasteiger partial charge in [0.15, 0.2) is 0 Å². The van der Waals surface area contributed by atoms with Gasteiger partial charge in [-0.25, -0.2) is 0 Å². The van der Waals surface area contributed by atoms with Gasteiger partial charge in [-0.05, 0) is 37.4 Å². The molecule has 0 saturated carbocycles. The van der Waals surface area contributed by atoms with E-state index in [0.29, 0.717) is 6.61 Å². The third-order valence-electron chi connectivity index (χ3n) is 3.27. The van der Waals surface area contributed by atoms with Crippen LogP contribution in [0.1, 0.15) is 24.8 Å². The van der Waals surface area contributed by atoms with Crippen molar-refractivity contribution in [3.8, 4) is 0 Å². The molecule has 0 bridgehead atoms. The molecule has 1 aromatic rings. The Bertz CT molecular complexity index is 342. The molecule has 0 spiro atoms. The van der Waals surface area contributed by atoms with E-state index < -0.39 is 0 Å². The summed E-state index contributed by atoms with van der Waals surface area (Å²) in [6, 6.07) is 8.05. The summed E-state index contributed by atoms with van der Waals surface area (Å²) in [6.45, 7) is 1.71. The van der Waals surface area contributed by atoms with Gasteiger partial charge in [-0.15, -0.1) is 0 Å². The Morgan fingerprint density at radius 1 is 1.38 bits per heavy atom. The molecule has 88 valence electrons. The molecule has 1 heterocycles. The molecule has 3 heteroatoms. The molecule has 16 heavy (non-hydrogen) atoms. The lowest BCUT2D eigenvalue weighted by molar-refractivity contribution is 0.0884. The molecule has 1 fully saturated rings. The second-order valence-corrected chi connectivity index (χ2v) is 4.79. The third kappa shape index (κ3) is 2.24. The summed E-state index contributed by atoms with van der Waals surface area (Å²) in [4.78, 5) is 0. The smallest absolute Gasteiger partial charge is 0.0687 e. The van der Waals surface area contributed by atoms with Crippen LogP contribution in [0.15, 0.2) is 24.3 Å². The molecule has 2 nitrogen and oxygen atoms in total. The Morgan fingerprint density at radius 3 is 2.81 bits per heavy atom. The molecule has 1 aromatic carbocycles. The maximum atomic E-state index is 6.29. The van der Waals surface area contributed by atoms with Crippen LogP contribution in [0.3, 0.4) is 0 Å². The van der Waals surface area contributed by atoms with Gasteiger partial charge >= 0.3 is 0 Å². The summed E-state index contributed by atoms with van der Waals surface area (Å²) < 4.78 is 5.37. The van der Waals surface area contributed by atoms with Crippen LogP contribution >= 0.6 is 11.6 Å². The Hall–Kier alpha value is -0.570. The van der Waals surface area contributed by atoms with Crippen LogP contribution in [0.2, 0.25) is 5.02 Å². The van der Waals surface area contributed by atoms with Crippen molar-refractivity contribution >= 4 is 11.6 Å². The summed E-state index contributed by atoms with van der Waals surface area (Å²) in [7, 11) is 1.74. The van der Waals surface area contributed by atoms with Gasteiger partial charge in [-0.2, -0.15) is 0 Å². The largest absolute Gasteiger partial charge is 0.382 e. The second-order valence-electron chi connectivity index (χ2n) is 4.38. The van der Waals surface area contributed by atoms with Gasteiger partial charge in [0.05, 0.1) is 12.1 Å². The standard InChI is InChI=1S/C13H18ClNO/c1-16-10-13(8-4-5-9-15-13)11-6-2-3-7-12(11)14/h2-3,6-7,15H,4-5,8-10H2,1H3. The molecule has 0 aliphatic carbocycles. The fourth-order valence-electron chi connectivity index (χ4n) is 2.49. The van der Waals surface area contributed by atoms with Crippen LogP contribution in [0.25, 0.3) is 0 Å². The topological polar surface area (TPSA) is 21.3 Å². The first-order valence-electron chi connectivity index (χ1n) is 5.77. The summed E-state index contributed by atoms with van der Waals surface area (Å²) in [5.41, 5.74) is 1.07. The Balaban J connectivity index is 2.34. The summed E-state index contributed by atoms with van der Waals surface area (Å²) in [5, 5.41) is 4.41. The quantitative estimate of drug-likeness (QED) is 0.876. The highest BCUT2D eigenvalue weighted by molar-refractivity contribution is 6.31. The second kappa shape index (κ2) is 5.17. The molecule has 2 rings (SSSR count). The first-order valence-corrected chi connectivity index (χ1v) is 6.15. The number of rotatable bonds is 3. The molecule has 0 radical (unpaired) electrons. The minimum absolute atomic E-state index is 0.0919. The van der Waals surface area contributed by atoms with E-state index in [1.165, 1.54) is 18.4 Å². The van der Waals surface area contributed by atoms with E-state index in [0.717, 1.165) is 18.0 Å². The predicted octanol–water partition coefficient (Wildman–Crippen LogP) is 2.96. The van der Waals surface area contributed by atoms with Crippen molar-refractivity contribution < 1.29 is 4.74 Å². The van der Waals surface area contributed by atoms with E-state index in [4.69, 9.17) is 16.3 Å². The van der Waals surface area contributed by atoms with Crippen LogP contribution in [0.5, 0.6) is 0 Å². The van der Waals surface area contributed by atoms with Crippen molar-refractivity contribution in [2.75, 3.05) is 20.3 Å². The summed E-state index contributed by atoms with van der Waals surface area (Å²) in [6.07, 6.45) is 3.54. The van der Waals surface area contributed by atoms with E-state index in [9.17, 15) is 0 Å². The highest BCUT2D eigenvalue weighted by Gasteiger charge is 2.34. The van der Waals surface area contributed by atoms with Crippen molar-refractivity contribution in [3.63, 3.8) is 0 Å². The zero-order valence-electron chi connectivity index (χ0n) is 9.63. The Kier molecular flexibility index (Phi) is 3.85. The van der Waals surface area contributed by atoms with Gasteiger partial charge in [0.2, 0.25) is 0 Å². The average molecular weight is 240 g/mol. The Labute approximate surface area is 102 Å². The van der Waals surface area contributed by atoms with Crippen LogP contribution in [0.4, 0.5) is 0 Å². The molecule has 1 aliphatic rings. The molecular weight excluding hydrogens is 222 g/mol. The zero-order valence-corrected chi connectivity index (χ0v) is 10.4. The Morgan fingerprint density at radius 2 is 2.19 bits per heavy atom. The van der Waals surface area contributed by atoms with E-state index in [2.05, 4.69) is 11.4 Å². The maximum absolute atomic E-state index is 6.29. The molecule has 0 aromatic heterocycles.